The van der Waals surface area contributed by atoms with Crippen molar-refractivity contribution >= 4 is 10.9 Å². The van der Waals surface area contributed by atoms with Gasteiger partial charge in [-0.2, -0.15) is 0 Å². The van der Waals surface area contributed by atoms with E-state index in [1.807, 2.05) is 17.8 Å². The molecule has 0 bridgehead atoms. The van der Waals surface area contributed by atoms with Crippen LogP contribution < -0.4 is 10.1 Å². The first-order chi connectivity index (χ1) is 15.2. The van der Waals surface area contributed by atoms with Crippen LogP contribution in [0, 0.1) is 6.92 Å². The van der Waals surface area contributed by atoms with Gasteiger partial charge in [0, 0.05) is 29.8 Å². The fourth-order valence-electron chi connectivity index (χ4n) is 4.44. The number of ether oxygens (including phenoxy) is 1. The van der Waals surface area contributed by atoms with E-state index >= 15 is 0 Å². The van der Waals surface area contributed by atoms with Crippen LogP contribution in [-0.2, 0) is 13.7 Å². The second kappa shape index (κ2) is 8.52. The van der Waals surface area contributed by atoms with Gasteiger partial charge in [-0.15, -0.1) is 5.10 Å². The molecule has 1 fully saturated rings. The van der Waals surface area contributed by atoms with Crippen molar-refractivity contribution in [3.63, 3.8) is 0 Å². The Labute approximate surface area is 183 Å². The van der Waals surface area contributed by atoms with Gasteiger partial charge < -0.3 is 10.1 Å². The van der Waals surface area contributed by atoms with Crippen molar-refractivity contribution < 1.29 is 4.74 Å². The van der Waals surface area contributed by atoms with Crippen LogP contribution in [0.2, 0.25) is 0 Å². The Bertz CT molecular complexity index is 1190. The molecule has 5 nitrogen and oxygen atoms in total. The molecule has 31 heavy (non-hydrogen) atoms. The van der Waals surface area contributed by atoms with Crippen LogP contribution in [0.4, 0.5) is 0 Å². The zero-order valence-corrected chi connectivity index (χ0v) is 18.1. The fourth-order valence-corrected chi connectivity index (χ4v) is 4.44. The largest absolute Gasteiger partial charge is 0.472 e. The number of nitrogens with one attached hydrogen (secondary N) is 1. The molecule has 4 aromatic rings. The topological polar surface area (TPSA) is 52.0 Å². The highest BCUT2D eigenvalue weighted by molar-refractivity contribution is 5.83. The van der Waals surface area contributed by atoms with Crippen LogP contribution in [-0.4, -0.2) is 27.9 Å². The Balaban J connectivity index is 1.32. The number of rotatable bonds is 5. The number of pyridine rings is 1. The summed E-state index contributed by atoms with van der Waals surface area (Å²) in [6, 6.07) is 19.0. The summed E-state index contributed by atoms with van der Waals surface area (Å²) in [7, 11) is 1.96. The molecule has 0 amide bonds. The summed E-state index contributed by atoms with van der Waals surface area (Å²) in [6.45, 7) is 4.75. The predicted octanol–water partition coefficient (Wildman–Crippen LogP) is 4.99. The third-order valence-corrected chi connectivity index (χ3v) is 6.12. The molecule has 2 aromatic carbocycles. The van der Waals surface area contributed by atoms with Gasteiger partial charge in [0.15, 0.2) is 0 Å². The predicted molar refractivity (Wildman–Crippen MR) is 124 cm³/mol. The SMILES string of the molecule is Cc1cc2ccccc2nc1-c1ccc(COc2nn(C)cc2C2CCNCC2)cc1. The molecule has 5 rings (SSSR count). The van der Waals surface area contributed by atoms with Gasteiger partial charge in [0.1, 0.15) is 6.61 Å². The van der Waals surface area contributed by atoms with Gasteiger partial charge in [-0.25, -0.2) is 4.98 Å². The van der Waals surface area contributed by atoms with Gasteiger partial charge >= 0.3 is 0 Å². The van der Waals surface area contributed by atoms with Gasteiger partial charge in [-0.1, -0.05) is 42.5 Å². The third kappa shape index (κ3) is 4.19. The Morgan fingerprint density at radius 3 is 2.65 bits per heavy atom. The highest BCUT2D eigenvalue weighted by atomic mass is 16.5. The first kappa shape index (κ1) is 19.8. The zero-order chi connectivity index (χ0) is 21.2. The lowest BCUT2D eigenvalue weighted by atomic mass is 9.92. The van der Waals surface area contributed by atoms with E-state index in [-0.39, 0.29) is 0 Å². The van der Waals surface area contributed by atoms with E-state index in [9.17, 15) is 0 Å². The van der Waals surface area contributed by atoms with E-state index in [0.29, 0.717) is 12.5 Å². The van der Waals surface area contributed by atoms with E-state index < -0.39 is 0 Å². The summed E-state index contributed by atoms with van der Waals surface area (Å²) in [5, 5.41) is 9.17. The Hall–Kier alpha value is -3.18. The molecule has 3 heterocycles. The summed E-state index contributed by atoms with van der Waals surface area (Å²) < 4.78 is 8.02. The lowest BCUT2D eigenvalue weighted by Gasteiger charge is -2.22. The van der Waals surface area contributed by atoms with Crippen LogP contribution in [0.5, 0.6) is 5.88 Å². The number of piperidine rings is 1. The van der Waals surface area contributed by atoms with Crippen molar-refractivity contribution in [2.75, 3.05) is 13.1 Å². The molecule has 1 saturated heterocycles. The average Bonchev–Trinajstić information content (AvgIpc) is 3.19. The maximum absolute atomic E-state index is 6.16. The quantitative estimate of drug-likeness (QED) is 0.502. The minimum Gasteiger partial charge on any atom is -0.472 e. The molecule has 0 spiro atoms. The van der Waals surface area contributed by atoms with E-state index in [2.05, 4.69) is 72.1 Å². The smallest absolute Gasteiger partial charge is 0.236 e. The van der Waals surface area contributed by atoms with Crippen LogP contribution in [0.15, 0.2) is 60.8 Å². The summed E-state index contributed by atoms with van der Waals surface area (Å²) in [5.41, 5.74) is 6.73. The minimum atomic E-state index is 0.513. The van der Waals surface area contributed by atoms with Gasteiger partial charge in [-0.05, 0) is 62.0 Å². The van der Waals surface area contributed by atoms with Crippen molar-refractivity contribution in [3.8, 4) is 17.1 Å². The summed E-state index contributed by atoms with van der Waals surface area (Å²) >= 11 is 0. The maximum atomic E-state index is 6.16. The van der Waals surface area contributed by atoms with Crippen molar-refractivity contribution in [1.82, 2.24) is 20.1 Å². The van der Waals surface area contributed by atoms with Crippen LogP contribution in [0.1, 0.15) is 35.4 Å². The molecule has 0 unspecified atom stereocenters. The number of benzene rings is 2. The summed E-state index contributed by atoms with van der Waals surface area (Å²) in [5.74, 6) is 1.29. The summed E-state index contributed by atoms with van der Waals surface area (Å²) in [4.78, 5) is 4.89. The zero-order valence-electron chi connectivity index (χ0n) is 18.1. The number of hydrogen-bond acceptors (Lipinski definition) is 4. The molecule has 0 radical (unpaired) electrons. The van der Waals surface area contributed by atoms with Gasteiger partial charge in [0.25, 0.3) is 0 Å². The van der Waals surface area contributed by atoms with Gasteiger partial charge in [0.05, 0.1) is 11.2 Å². The minimum absolute atomic E-state index is 0.513. The van der Waals surface area contributed by atoms with Gasteiger partial charge in [0.2, 0.25) is 5.88 Å². The summed E-state index contributed by atoms with van der Waals surface area (Å²) in [6.07, 6.45) is 4.38. The Morgan fingerprint density at radius 2 is 1.84 bits per heavy atom. The second-order valence-corrected chi connectivity index (χ2v) is 8.42. The van der Waals surface area contributed by atoms with Crippen LogP contribution >= 0.6 is 0 Å². The molecular weight excluding hydrogens is 384 g/mol. The van der Waals surface area contributed by atoms with E-state index in [4.69, 9.17) is 9.72 Å². The number of fused-ring (bicyclic) bond motifs is 1. The molecule has 5 heteroatoms. The number of hydrogen-bond donors (Lipinski definition) is 1. The first-order valence-electron chi connectivity index (χ1n) is 11.0. The van der Waals surface area contributed by atoms with E-state index in [0.717, 1.165) is 54.1 Å². The third-order valence-electron chi connectivity index (χ3n) is 6.12. The molecular formula is C26H28N4O. The van der Waals surface area contributed by atoms with E-state index in [1.165, 1.54) is 16.5 Å². The van der Waals surface area contributed by atoms with Crippen molar-refractivity contribution in [1.29, 1.82) is 0 Å². The lowest BCUT2D eigenvalue weighted by Crippen LogP contribution is -2.26. The number of para-hydroxylation sites is 1. The highest BCUT2D eigenvalue weighted by Gasteiger charge is 2.22. The molecule has 1 aliphatic rings. The lowest BCUT2D eigenvalue weighted by molar-refractivity contribution is 0.284. The molecule has 1 N–H and O–H groups in total. The molecule has 0 atom stereocenters. The Kier molecular flexibility index (Phi) is 5.43. The van der Waals surface area contributed by atoms with Gasteiger partial charge in [-0.3, -0.25) is 4.68 Å². The van der Waals surface area contributed by atoms with Crippen molar-refractivity contribution in [2.45, 2.75) is 32.3 Å². The number of nitrogens with zero attached hydrogens (tertiary/aromatic N) is 3. The molecule has 0 saturated carbocycles. The molecule has 158 valence electrons. The molecule has 2 aromatic heterocycles. The normalized spacial score (nSPS) is 14.8. The highest BCUT2D eigenvalue weighted by Crippen LogP contribution is 2.32. The van der Waals surface area contributed by atoms with Crippen molar-refractivity contribution in [3.05, 3.63) is 77.5 Å². The molecule has 1 aliphatic heterocycles. The fraction of sp³-hybridized carbons (Fsp3) is 0.308. The Morgan fingerprint density at radius 1 is 1.06 bits per heavy atom. The first-order valence-corrected chi connectivity index (χ1v) is 11.0. The van der Waals surface area contributed by atoms with Crippen LogP contribution in [0.25, 0.3) is 22.2 Å². The second-order valence-electron chi connectivity index (χ2n) is 8.42. The number of aromatic nitrogens is 3. The molecule has 0 aliphatic carbocycles. The van der Waals surface area contributed by atoms with E-state index in [1.54, 1.807) is 0 Å². The number of aryl methyl sites for hydroxylation is 2. The van der Waals surface area contributed by atoms with Crippen molar-refractivity contribution in [2.24, 2.45) is 7.05 Å². The van der Waals surface area contributed by atoms with Crippen LogP contribution in [0.3, 0.4) is 0 Å². The standard InChI is InChI=1S/C26H28N4O/c1-18-15-22-5-3-4-6-24(22)28-25(18)21-9-7-19(8-10-21)17-31-26-23(16-30(2)29-26)20-11-13-27-14-12-20/h3-10,15-16,20,27H,11-14,17H2,1-2H3. The maximum Gasteiger partial charge on any atom is 0.236 e. The average molecular weight is 413 g/mol. The monoisotopic (exact) mass is 412 g/mol.